The molecule has 0 saturated heterocycles. The minimum atomic E-state index is -0.694. The monoisotopic (exact) mass is 337 g/mol. The summed E-state index contributed by atoms with van der Waals surface area (Å²) in [4.78, 5) is 24.1. The first-order chi connectivity index (χ1) is 12.0. The second kappa shape index (κ2) is 7.49. The average molecular weight is 337 g/mol. The first-order valence-electron chi connectivity index (χ1n) is 8.56. The second-order valence-corrected chi connectivity index (χ2v) is 6.50. The maximum Gasteiger partial charge on any atom is 0.241 e. The van der Waals surface area contributed by atoms with E-state index in [1.165, 1.54) is 0 Å². The van der Waals surface area contributed by atoms with Crippen LogP contribution in [0.25, 0.3) is 0 Å². The third-order valence-corrected chi connectivity index (χ3v) is 4.43. The molecule has 2 aromatic rings. The molecule has 1 aliphatic carbocycles. The van der Waals surface area contributed by atoms with Gasteiger partial charge in [0.1, 0.15) is 6.04 Å². The number of carbonyl (C=O) groups is 2. The summed E-state index contributed by atoms with van der Waals surface area (Å²) < 4.78 is 0. The van der Waals surface area contributed by atoms with Crippen LogP contribution in [0.15, 0.2) is 54.6 Å². The van der Waals surface area contributed by atoms with Crippen molar-refractivity contribution < 1.29 is 9.59 Å². The third-order valence-electron chi connectivity index (χ3n) is 4.43. The van der Waals surface area contributed by atoms with Gasteiger partial charge in [0.05, 0.1) is 6.04 Å². The third kappa shape index (κ3) is 4.45. The van der Waals surface area contributed by atoms with Crippen molar-refractivity contribution in [1.29, 1.82) is 0 Å². The van der Waals surface area contributed by atoms with E-state index in [1.807, 2.05) is 61.5 Å². The molecule has 130 valence electrons. The number of hydrogen-bond acceptors (Lipinski definition) is 3. The molecule has 0 radical (unpaired) electrons. The highest BCUT2D eigenvalue weighted by Crippen LogP contribution is 2.30. The van der Waals surface area contributed by atoms with Gasteiger partial charge in [0.25, 0.3) is 0 Å². The molecule has 2 unspecified atom stereocenters. The van der Waals surface area contributed by atoms with Crippen LogP contribution in [0.2, 0.25) is 0 Å². The highest BCUT2D eigenvalue weighted by Gasteiger charge is 2.29. The van der Waals surface area contributed by atoms with E-state index in [-0.39, 0.29) is 23.8 Å². The molecule has 5 heteroatoms. The lowest BCUT2D eigenvalue weighted by Crippen LogP contribution is -2.35. The Morgan fingerprint density at radius 2 is 1.64 bits per heavy atom. The van der Waals surface area contributed by atoms with Crippen LogP contribution in [0.1, 0.15) is 43.0 Å². The van der Waals surface area contributed by atoms with Crippen LogP contribution in [0.4, 0.5) is 5.69 Å². The molecular weight excluding hydrogens is 314 g/mol. The molecule has 1 aliphatic rings. The highest BCUT2D eigenvalue weighted by molar-refractivity contribution is 5.94. The summed E-state index contributed by atoms with van der Waals surface area (Å²) in [7, 11) is 0. The summed E-state index contributed by atoms with van der Waals surface area (Å²) in [6, 6.07) is 15.9. The Morgan fingerprint density at radius 1 is 1.00 bits per heavy atom. The minimum Gasteiger partial charge on any atom is -0.348 e. The van der Waals surface area contributed by atoms with Gasteiger partial charge < -0.3 is 16.4 Å². The van der Waals surface area contributed by atoms with Crippen molar-refractivity contribution in [3.8, 4) is 0 Å². The van der Waals surface area contributed by atoms with E-state index in [2.05, 4.69) is 10.6 Å². The van der Waals surface area contributed by atoms with Gasteiger partial charge in [-0.3, -0.25) is 9.59 Å². The maximum absolute atomic E-state index is 12.3. The Bertz CT molecular complexity index is 739. The van der Waals surface area contributed by atoms with Crippen LogP contribution in [0.5, 0.6) is 0 Å². The van der Waals surface area contributed by atoms with Crippen molar-refractivity contribution in [2.45, 2.75) is 31.8 Å². The quantitative estimate of drug-likeness (QED) is 0.758. The lowest BCUT2D eigenvalue weighted by atomic mass is 10.0. The summed E-state index contributed by atoms with van der Waals surface area (Å²) >= 11 is 0. The molecule has 25 heavy (non-hydrogen) atoms. The minimum absolute atomic E-state index is 0.0861. The predicted octanol–water partition coefficient (Wildman–Crippen LogP) is 2.91. The molecule has 4 N–H and O–H groups in total. The van der Waals surface area contributed by atoms with Crippen molar-refractivity contribution >= 4 is 17.5 Å². The molecule has 3 rings (SSSR count). The standard InChI is InChI=1S/C20H23N3O2/c1-13(22-20(25)18(21)15-5-3-2-4-6-15)14-9-11-17(12-10-14)23-19(24)16-7-8-16/h2-6,9-13,16,18H,7-8,21H2,1H3,(H,22,25)(H,23,24). The number of amides is 2. The molecule has 0 aliphatic heterocycles. The summed E-state index contributed by atoms with van der Waals surface area (Å²) in [5.41, 5.74) is 8.54. The zero-order valence-electron chi connectivity index (χ0n) is 14.2. The average Bonchev–Trinajstić information content (AvgIpc) is 3.47. The molecular formula is C20H23N3O2. The Balaban J connectivity index is 1.57. The lowest BCUT2D eigenvalue weighted by molar-refractivity contribution is -0.123. The zero-order valence-corrected chi connectivity index (χ0v) is 14.2. The van der Waals surface area contributed by atoms with E-state index in [0.29, 0.717) is 0 Å². The molecule has 2 atom stereocenters. The van der Waals surface area contributed by atoms with Gasteiger partial charge in [-0.15, -0.1) is 0 Å². The largest absolute Gasteiger partial charge is 0.348 e. The molecule has 0 bridgehead atoms. The summed E-state index contributed by atoms with van der Waals surface area (Å²) in [6.45, 7) is 1.91. The van der Waals surface area contributed by atoms with Gasteiger partial charge in [0.2, 0.25) is 11.8 Å². The van der Waals surface area contributed by atoms with Gasteiger partial charge in [-0.1, -0.05) is 42.5 Å². The molecule has 2 amide bonds. The first-order valence-corrected chi connectivity index (χ1v) is 8.56. The van der Waals surface area contributed by atoms with E-state index >= 15 is 0 Å². The normalized spacial score (nSPS) is 15.9. The topological polar surface area (TPSA) is 84.2 Å². The zero-order chi connectivity index (χ0) is 17.8. The molecule has 5 nitrogen and oxygen atoms in total. The number of nitrogens with one attached hydrogen (secondary N) is 2. The van der Waals surface area contributed by atoms with Crippen molar-refractivity contribution in [3.63, 3.8) is 0 Å². The molecule has 0 heterocycles. The van der Waals surface area contributed by atoms with Crippen LogP contribution in [0, 0.1) is 5.92 Å². The van der Waals surface area contributed by atoms with Crippen LogP contribution < -0.4 is 16.4 Å². The highest BCUT2D eigenvalue weighted by atomic mass is 16.2. The number of carbonyl (C=O) groups excluding carboxylic acids is 2. The van der Waals surface area contributed by atoms with Crippen LogP contribution in [0.3, 0.4) is 0 Å². The Kier molecular flexibility index (Phi) is 5.14. The Morgan fingerprint density at radius 3 is 2.24 bits per heavy atom. The van der Waals surface area contributed by atoms with Crippen molar-refractivity contribution in [2.24, 2.45) is 11.7 Å². The number of nitrogens with two attached hydrogens (primary N) is 1. The van der Waals surface area contributed by atoms with Gasteiger partial charge in [-0.05, 0) is 43.0 Å². The van der Waals surface area contributed by atoms with E-state index in [1.54, 1.807) is 0 Å². The second-order valence-electron chi connectivity index (χ2n) is 6.50. The van der Waals surface area contributed by atoms with Crippen molar-refractivity contribution in [2.75, 3.05) is 5.32 Å². The van der Waals surface area contributed by atoms with Crippen molar-refractivity contribution in [3.05, 3.63) is 65.7 Å². The van der Waals surface area contributed by atoms with E-state index < -0.39 is 6.04 Å². The molecule has 1 fully saturated rings. The SMILES string of the molecule is CC(NC(=O)C(N)c1ccccc1)c1ccc(NC(=O)C2CC2)cc1. The van der Waals surface area contributed by atoms with Crippen molar-refractivity contribution in [1.82, 2.24) is 5.32 Å². The number of benzene rings is 2. The van der Waals surface area contributed by atoms with Gasteiger partial charge in [0.15, 0.2) is 0 Å². The van der Waals surface area contributed by atoms with Crippen LogP contribution in [-0.2, 0) is 9.59 Å². The van der Waals surface area contributed by atoms with E-state index in [9.17, 15) is 9.59 Å². The number of rotatable bonds is 6. The lowest BCUT2D eigenvalue weighted by Gasteiger charge is -2.18. The molecule has 0 spiro atoms. The fraction of sp³-hybridized carbons (Fsp3) is 0.300. The number of anilines is 1. The van der Waals surface area contributed by atoms with Gasteiger partial charge in [-0.25, -0.2) is 0 Å². The molecule has 0 aromatic heterocycles. The fourth-order valence-corrected chi connectivity index (χ4v) is 2.64. The Labute approximate surface area is 147 Å². The smallest absolute Gasteiger partial charge is 0.241 e. The molecule has 1 saturated carbocycles. The summed E-state index contributed by atoms with van der Waals surface area (Å²) in [6.07, 6.45) is 1.96. The number of hydrogen-bond donors (Lipinski definition) is 3. The van der Waals surface area contributed by atoms with Gasteiger partial charge in [0, 0.05) is 11.6 Å². The van der Waals surface area contributed by atoms with E-state index in [4.69, 9.17) is 5.73 Å². The predicted molar refractivity (Wildman–Crippen MR) is 97.7 cm³/mol. The van der Waals surface area contributed by atoms with Gasteiger partial charge in [-0.2, -0.15) is 0 Å². The van der Waals surface area contributed by atoms with Crippen LogP contribution in [-0.4, -0.2) is 11.8 Å². The Hall–Kier alpha value is -2.66. The van der Waals surface area contributed by atoms with Gasteiger partial charge >= 0.3 is 0 Å². The van der Waals surface area contributed by atoms with Crippen LogP contribution >= 0.6 is 0 Å². The van der Waals surface area contributed by atoms with E-state index in [0.717, 1.165) is 29.7 Å². The molecule has 2 aromatic carbocycles. The fourth-order valence-electron chi connectivity index (χ4n) is 2.64. The maximum atomic E-state index is 12.3. The summed E-state index contributed by atoms with van der Waals surface area (Å²) in [5.74, 6) is 0.0464. The first kappa shape index (κ1) is 17.2. The summed E-state index contributed by atoms with van der Waals surface area (Å²) in [5, 5.41) is 5.84.